The van der Waals surface area contributed by atoms with Gasteiger partial charge in [-0.15, -0.1) is 0 Å². The summed E-state index contributed by atoms with van der Waals surface area (Å²) in [5.74, 6) is -1.05. The fourth-order valence-corrected chi connectivity index (χ4v) is 2.79. The molecule has 31 heavy (non-hydrogen) atoms. The molecule has 0 fully saturated rings. The number of hydrogen-bond acceptors (Lipinski definition) is 7. The lowest BCUT2D eigenvalue weighted by atomic mass is 10.2. The molecule has 4 aromatic rings. The van der Waals surface area contributed by atoms with Gasteiger partial charge in [-0.1, -0.05) is 18.2 Å². The van der Waals surface area contributed by atoms with Crippen molar-refractivity contribution < 1.29 is 14.3 Å². The second kappa shape index (κ2) is 8.71. The first-order valence-electron chi connectivity index (χ1n) is 9.11. The molecule has 0 saturated carbocycles. The van der Waals surface area contributed by atoms with Crippen LogP contribution < -0.4 is 5.32 Å². The zero-order valence-corrected chi connectivity index (χ0v) is 16.0. The minimum absolute atomic E-state index is 0.187. The van der Waals surface area contributed by atoms with E-state index in [-0.39, 0.29) is 16.9 Å². The van der Waals surface area contributed by atoms with Gasteiger partial charge < -0.3 is 10.1 Å². The average Bonchev–Trinajstić information content (AvgIpc) is 3.48. The van der Waals surface area contributed by atoms with Crippen LogP contribution in [0, 0.1) is 11.3 Å². The Bertz CT molecular complexity index is 1240. The molecule has 0 aliphatic heterocycles. The van der Waals surface area contributed by atoms with Gasteiger partial charge >= 0.3 is 5.97 Å². The summed E-state index contributed by atoms with van der Waals surface area (Å²) in [6.45, 7) is -0.519. The van der Waals surface area contributed by atoms with Crippen LogP contribution >= 0.6 is 0 Å². The Kier molecular flexibility index (Phi) is 5.49. The SMILES string of the molecule is N#Cc1cnn(-c2ccccc2)c1NC(=O)COC(=O)c1ccc(-n2cncn2)cc1. The van der Waals surface area contributed by atoms with Crippen LogP contribution in [0.25, 0.3) is 11.4 Å². The number of aromatic nitrogens is 5. The normalized spacial score (nSPS) is 10.3. The smallest absolute Gasteiger partial charge is 0.338 e. The maximum Gasteiger partial charge on any atom is 0.338 e. The minimum atomic E-state index is -0.655. The first-order chi connectivity index (χ1) is 15.2. The van der Waals surface area contributed by atoms with Crippen LogP contribution in [0.4, 0.5) is 5.82 Å². The largest absolute Gasteiger partial charge is 0.452 e. The molecule has 2 heterocycles. The molecule has 0 aliphatic rings. The summed E-state index contributed by atoms with van der Waals surface area (Å²) < 4.78 is 8.07. The van der Waals surface area contributed by atoms with E-state index in [0.29, 0.717) is 5.69 Å². The molecule has 10 heteroatoms. The molecule has 0 aliphatic carbocycles. The second-order valence-electron chi connectivity index (χ2n) is 6.28. The van der Waals surface area contributed by atoms with E-state index in [1.165, 1.54) is 23.5 Å². The number of hydrogen-bond donors (Lipinski definition) is 1. The summed E-state index contributed by atoms with van der Waals surface area (Å²) in [4.78, 5) is 28.5. The standard InChI is InChI=1S/C21H15N7O3/c22-10-16-11-24-28(18-4-2-1-3-5-18)20(16)26-19(29)12-31-21(30)15-6-8-17(9-7-15)27-14-23-13-25-27/h1-9,11,13-14H,12H2,(H,26,29). The van der Waals surface area contributed by atoms with Gasteiger partial charge in [-0.3, -0.25) is 4.79 Å². The van der Waals surface area contributed by atoms with Gasteiger partial charge in [-0.25, -0.2) is 19.1 Å². The van der Waals surface area contributed by atoms with Crippen molar-refractivity contribution in [3.63, 3.8) is 0 Å². The van der Waals surface area contributed by atoms with E-state index in [1.54, 1.807) is 41.1 Å². The van der Waals surface area contributed by atoms with Gasteiger partial charge in [-0.05, 0) is 36.4 Å². The fraction of sp³-hybridized carbons (Fsp3) is 0.0476. The number of nitriles is 1. The highest BCUT2D eigenvalue weighted by Crippen LogP contribution is 2.19. The molecule has 0 saturated heterocycles. The average molecular weight is 413 g/mol. The molecule has 2 aromatic carbocycles. The van der Waals surface area contributed by atoms with Crippen molar-refractivity contribution in [2.24, 2.45) is 0 Å². The quantitative estimate of drug-likeness (QED) is 0.480. The lowest BCUT2D eigenvalue weighted by molar-refractivity contribution is -0.119. The van der Waals surface area contributed by atoms with Crippen molar-refractivity contribution in [2.45, 2.75) is 0 Å². The van der Waals surface area contributed by atoms with Crippen molar-refractivity contribution in [1.82, 2.24) is 24.5 Å². The Morgan fingerprint density at radius 2 is 1.81 bits per heavy atom. The number of carbonyl (C=O) groups is 2. The Morgan fingerprint density at radius 3 is 2.48 bits per heavy atom. The molecular formula is C21H15N7O3. The van der Waals surface area contributed by atoms with Crippen molar-refractivity contribution in [2.75, 3.05) is 11.9 Å². The third-order valence-corrected chi connectivity index (χ3v) is 4.27. The number of esters is 1. The Labute approximate surface area is 176 Å². The molecule has 152 valence electrons. The zero-order chi connectivity index (χ0) is 21.6. The summed E-state index contributed by atoms with van der Waals surface area (Å²) >= 11 is 0. The summed E-state index contributed by atoms with van der Waals surface area (Å²) in [5.41, 5.74) is 1.87. The molecule has 4 rings (SSSR count). The van der Waals surface area contributed by atoms with Gasteiger partial charge in [0.25, 0.3) is 5.91 Å². The predicted octanol–water partition coefficient (Wildman–Crippen LogP) is 2.12. The van der Waals surface area contributed by atoms with Crippen LogP contribution in [0.2, 0.25) is 0 Å². The lowest BCUT2D eigenvalue weighted by Crippen LogP contribution is -2.23. The van der Waals surface area contributed by atoms with Gasteiger partial charge in [0.1, 0.15) is 24.3 Å². The lowest BCUT2D eigenvalue weighted by Gasteiger charge is -2.10. The molecule has 10 nitrogen and oxygen atoms in total. The summed E-state index contributed by atoms with van der Waals surface area (Å²) in [7, 11) is 0. The van der Waals surface area contributed by atoms with Gasteiger partial charge in [0.05, 0.1) is 23.1 Å². The predicted molar refractivity (Wildman–Crippen MR) is 109 cm³/mol. The maximum atomic E-state index is 12.4. The van der Waals surface area contributed by atoms with Crippen LogP contribution in [-0.2, 0) is 9.53 Å². The second-order valence-corrected chi connectivity index (χ2v) is 6.28. The van der Waals surface area contributed by atoms with E-state index in [2.05, 4.69) is 20.5 Å². The zero-order valence-electron chi connectivity index (χ0n) is 16.0. The topological polar surface area (TPSA) is 128 Å². The highest BCUT2D eigenvalue weighted by molar-refractivity contribution is 5.96. The number of nitrogens with zero attached hydrogens (tertiary/aromatic N) is 6. The van der Waals surface area contributed by atoms with E-state index < -0.39 is 18.5 Å². The molecule has 1 N–H and O–H groups in total. The third kappa shape index (κ3) is 4.30. The van der Waals surface area contributed by atoms with Gasteiger partial charge in [-0.2, -0.15) is 15.5 Å². The molecule has 1 amide bonds. The minimum Gasteiger partial charge on any atom is -0.452 e. The Hall–Kier alpha value is -4.78. The van der Waals surface area contributed by atoms with Crippen molar-refractivity contribution in [3.05, 3.63) is 84.6 Å². The van der Waals surface area contributed by atoms with E-state index >= 15 is 0 Å². The maximum absolute atomic E-state index is 12.4. The number of carbonyl (C=O) groups excluding carboxylic acids is 2. The van der Waals surface area contributed by atoms with Crippen molar-refractivity contribution in [3.8, 4) is 17.4 Å². The highest BCUT2D eigenvalue weighted by atomic mass is 16.5. The summed E-state index contributed by atoms with van der Waals surface area (Å²) in [6, 6.07) is 17.5. The van der Waals surface area contributed by atoms with Crippen LogP contribution in [0.5, 0.6) is 0 Å². The monoisotopic (exact) mass is 413 g/mol. The van der Waals surface area contributed by atoms with Gasteiger partial charge in [0.15, 0.2) is 12.4 Å². The Morgan fingerprint density at radius 1 is 1.03 bits per heavy atom. The summed E-state index contributed by atoms with van der Waals surface area (Å²) in [6.07, 6.45) is 4.29. The third-order valence-electron chi connectivity index (χ3n) is 4.27. The van der Waals surface area contributed by atoms with Crippen LogP contribution in [-0.4, -0.2) is 43.0 Å². The molecule has 2 aromatic heterocycles. The van der Waals surface area contributed by atoms with E-state index in [9.17, 15) is 14.9 Å². The molecular weight excluding hydrogens is 398 g/mol. The number of nitrogens with one attached hydrogen (secondary N) is 1. The number of amides is 1. The molecule has 0 unspecified atom stereocenters. The van der Waals surface area contributed by atoms with Crippen LogP contribution in [0.1, 0.15) is 15.9 Å². The molecule has 0 spiro atoms. The first kappa shape index (κ1) is 19.5. The highest BCUT2D eigenvalue weighted by Gasteiger charge is 2.17. The van der Waals surface area contributed by atoms with Gasteiger partial charge in [0, 0.05) is 0 Å². The van der Waals surface area contributed by atoms with Gasteiger partial charge in [0.2, 0.25) is 0 Å². The van der Waals surface area contributed by atoms with E-state index in [1.807, 2.05) is 24.3 Å². The Balaban J connectivity index is 1.40. The number of para-hydroxylation sites is 1. The molecule has 0 atom stereocenters. The van der Waals surface area contributed by atoms with E-state index in [0.717, 1.165) is 5.69 Å². The number of ether oxygens (including phenoxy) is 1. The van der Waals surface area contributed by atoms with E-state index in [4.69, 9.17) is 4.74 Å². The van der Waals surface area contributed by atoms with Crippen molar-refractivity contribution >= 4 is 17.7 Å². The van der Waals surface area contributed by atoms with Crippen LogP contribution in [0.3, 0.4) is 0 Å². The number of anilines is 1. The van der Waals surface area contributed by atoms with Crippen LogP contribution in [0.15, 0.2) is 73.4 Å². The fourth-order valence-electron chi connectivity index (χ4n) is 2.79. The van der Waals surface area contributed by atoms with Crippen molar-refractivity contribution in [1.29, 1.82) is 5.26 Å². The number of benzene rings is 2. The molecule has 0 radical (unpaired) electrons. The summed E-state index contributed by atoms with van der Waals surface area (Å²) in [5, 5.41) is 20.0. The number of rotatable bonds is 6. The molecule has 0 bridgehead atoms. The first-order valence-corrected chi connectivity index (χ1v) is 9.11.